The lowest BCUT2D eigenvalue weighted by molar-refractivity contribution is -0.123. The van der Waals surface area contributed by atoms with E-state index >= 15 is 0 Å². The quantitative estimate of drug-likeness (QED) is 0.437. The highest BCUT2D eigenvalue weighted by Gasteiger charge is 2.56. The van der Waals surface area contributed by atoms with Crippen LogP contribution in [0.25, 0.3) is 0 Å². The molecule has 2 unspecified atom stereocenters. The molecule has 8 nitrogen and oxygen atoms in total. The van der Waals surface area contributed by atoms with Gasteiger partial charge < -0.3 is 29.9 Å². The lowest BCUT2D eigenvalue weighted by atomic mass is 9.79. The van der Waals surface area contributed by atoms with Crippen molar-refractivity contribution >= 4 is 11.6 Å². The molecule has 4 N–H and O–H groups in total. The van der Waals surface area contributed by atoms with E-state index in [0.29, 0.717) is 0 Å². The lowest BCUT2D eigenvalue weighted by Gasteiger charge is -2.23. The van der Waals surface area contributed by atoms with Gasteiger partial charge >= 0.3 is 0 Å². The summed E-state index contributed by atoms with van der Waals surface area (Å²) in [7, 11) is 0. The summed E-state index contributed by atoms with van der Waals surface area (Å²) in [6.07, 6.45) is -0.886. The number of aliphatic hydroxyl groups is 1. The van der Waals surface area contributed by atoms with E-state index in [4.69, 9.17) is 9.47 Å². The van der Waals surface area contributed by atoms with Gasteiger partial charge in [-0.25, -0.2) is 0 Å². The molecule has 8 heteroatoms. The van der Waals surface area contributed by atoms with Crippen molar-refractivity contribution in [2.24, 2.45) is 0 Å². The molecule has 2 aromatic rings. The molecule has 2 heterocycles. The number of hydrogen-bond acceptors (Lipinski definition) is 8. The van der Waals surface area contributed by atoms with Crippen LogP contribution in [-0.4, -0.2) is 44.9 Å². The molecule has 26 heavy (non-hydrogen) atoms. The fourth-order valence-corrected chi connectivity index (χ4v) is 3.93. The first kappa shape index (κ1) is 15.2. The number of ketones is 2. The van der Waals surface area contributed by atoms with E-state index < -0.39 is 40.7 Å². The Morgan fingerprint density at radius 2 is 1.65 bits per heavy atom. The summed E-state index contributed by atoms with van der Waals surface area (Å²) in [5.41, 5.74) is -2.88. The second-order valence-corrected chi connectivity index (χ2v) is 6.53. The van der Waals surface area contributed by atoms with E-state index in [0.717, 1.165) is 12.1 Å². The topological polar surface area (TPSA) is 134 Å². The van der Waals surface area contributed by atoms with Gasteiger partial charge in [0, 0.05) is 12.0 Å². The molecule has 0 radical (unpaired) electrons. The Morgan fingerprint density at radius 1 is 1.00 bits per heavy atom. The van der Waals surface area contributed by atoms with Crippen LogP contribution >= 0.6 is 0 Å². The van der Waals surface area contributed by atoms with Gasteiger partial charge in [0.15, 0.2) is 11.4 Å². The smallest absolute Gasteiger partial charge is 0.233 e. The predicted octanol–water partition coefficient (Wildman–Crippen LogP) is 0.905. The van der Waals surface area contributed by atoms with E-state index in [1.165, 1.54) is 6.07 Å². The number of carbonyl (C=O) groups is 2. The van der Waals surface area contributed by atoms with Crippen LogP contribution in [-0.2, 0) is 10.3 Å². The van der Waals surface area contributed by atoms with E-state index in [2.05, 4.69) is 0 Å². The number of rotatable bonds is 0. The molecule has 1 fully saturated rings. The Kier molecular flexibility index (Phi) is 2.65. The summed E-state index contributed by atoms with van der Waals surface area (Å²) in [5, 5.41) is 41.6. The summed E-state index contributed by atoms with van der Waals surface area (Å²) in [6, 6.07) is 3.44. The maximum absolute atomic E-state index is 12.9. The lowest BCUT2D eigenvalue weighted by Crippen LogP contribution is -2.33. The summed E-state index contributed by atoms with van der Waals surface area (Å²) in [5.74, 6) is -3.05. The van der Waals surface area contributed by atoms with Crippen molar-refractivity contribution in [1.82, 2.24) is 0 Å². The van der Waals surface area contributed by atoms with Gasteiger partial charge in [0.05, 0.1) is 28.9 Å². The van der Waals surface area contributed by atoms with Gasteiger partial charge in [0.1, 0.15) is 23.0 Å². The third-order valence-corrected chi connectivity index (χ3v) is 5.16. The molecule has 3 aliphatic rings. The number of carbonyl (C=O) groups excluding carboxylic acids is 2. The molecule has 0 amide bonds. The molecule has 2 aliphatic heterocycles. The Morgan fingerprint density at radius 3 is 2.35 bits per heavy atom. The number of benzene rings is 2. The van der Waals surface area contributed by atoms with Crippen LogP contribution in [0.1, 0.15) is 43.8 Å². The molecule has 5 rings (SSSR count). The molecule has 132 valence electrons. The number of aromatic hydroxyl groups is 3. The zero-order valence-electron chi connectivity index (χ0n) is 13.1. The monoisotopic (exact) mass is 356 g/mol. The minimum absolute atomic E-state index is 0.0111. The van der Waals surface area contributed by atoms with Crippen LogP contribution in [0.3, 0.4) is 0 Å². The van der Waals surface area contributed by atoms with Gasteiger partial charge in [-0.2, -0.15) is 0 Å². The molecule has 1 aliphatic carbocycles. The van der Waals surface area contributed by atoms with E-state index in [1.54, 1.807) is 0 Å². The van der Waals surface area contributed by atoms with Crippen molar-refractivity contribution in [2.75, 3.05) is 6.61 Å². The van der Waals surface area contributed by atoms with E-state index in [9.17, 15) is 30.0 Å². The van der Waals surface area contributed by atoms with Crippen molar-refractivity contribution in [3.63, 3.8) is 0 Å². The van der Waals surface area contributed by atoms with Crippen LogP contribution in [0.4, 0.5) is 0 Å². The molecule has 0 spiro atoms. The maximum atomic E-state index is 12.9. The first-order valence-corrected chi connectivity index (χ1v) is 7.90. The summed E-state index contributed by atoms with van der Waals surface area (Å²) in [4.78, 5) is 25.7. The van der Waals surface area contributed by atoms with Crippen molar-refractivity contribution in [2.45, 2.75) is 18.3 Å². The number of phenolic OH excluding ortho intramolecular Hbond substituents is 3. The normalized spacial score (nSPS) is 25.3. The van der Waals surface area contributed by atoms with Gasteiger partial charge in [0.2, 0.25) is 12.1 Å². The third-order valence-electron chi connectivity index (χ3n) is 5.16. The van der Waals surface area contributed by atoms with Crippen LogP contribution in [0, 0.1) is 0 Å². The zero-order chi connectivity index (χ0) is 18.4. The fourth-order valence-electron chi connectivity index (χ4n) is 3.93. The minimum Gasteiger partial charge on any atom is -0.507 e. The summed E-state index contributed by atoms with van der Waals surface area (Å²) in [6.45, 7) is 0.210. The van der Waals surface area contributed by atoms with E-state index in [-0.39, 0.29) is 46.6 Å². The average Bonchev–Trinajstić information content (AvgIpc) is 3.07. The fraction of sp³-hybridized carbons (Fsp3) is 0.222. The van der Waals surface area contributed by atoms with Gasteiger partial charge in [0.25, 0.3) is 0 Å². The predicted molar refractivity (Wildman–Crippen MR) is 83.6 cm³/mol. The van der Waals surface area contributed by atoms with Gasteiger partial charge in [-0.05, 0) is 18.2 Å². The van der Waals surface area contributed by atoms with Crippen LogP contribution in [0.15, 0.2) is 18.2 Å². The largest absolute Gasteiger partial charge is 0.507 e. The van der Waals surface area contributed by atoms with Crippen LogP contribution in [0.5, 0.6) is 23.0 Å². The second kappa shape index (κ2) is 4.54. The highest BCUT2D eigenvalue weighted by molar-refractivity contribution is 6.31. The summed E-state index contributed by atoms with van der Waals surface area (Å²) >= 11 is 0. The van der Waals surface area contributed by atoms with Gasteiger partial charge in [-0.15, -0.1) is 0 Å². The summed E-state index contributed by atoms with van der Waals surface area (Å²) < 4.78 is 10.8. The Balaban J connectivity index is 1.82. The molecular formula is C18H12O8. The Bertz CT molecular complexity index is 1040. The molecule has 2 atom stereocenters. The Labute approximate surface area is 145 Å². The maximum Gasteiger partial charge on any atom is 0.233 e. The second-order valence-electron chi connectivity index (χ2n) is 6.53. The van der Waals surface area contributed by atoms with Crippen LogP contribution < -0.4 is 4.74 Å². The van der Waals surface area contributed by atoms with E-state index in [1.807, 2.05) is 0 Å². The molecule has 0 bridgehead atoms. The van der Waals surface area contributed by atoms with Crippen LogP contribution in [0.2, 0.25) is 0 Å². The zero-order valence-corrected chi connectivity index (χ0v) is 13.1. The van der Waals surface area contributed by atoms with Crippen molar-refractivity contribution in [3.8, 4) is 23.0 Å². The first-order chi connectivity index (χ1) is 12.3. The average molecular weight is 356 g/mol. The third kappa shape index (κ3) is 1.56. The standard InChI is InChI=1S/C18H12O8/c19-7-1-2-8(20)12-11(7)14(21)6-5-9-13(16(23)10(6)15(12)22)18(24)3-4-25-17(18)26-9/h1-2,5,17,19-20,23-24H,3-4H2. The SMILES string of the molecule is O=C1c2cc3c(c(O)c2C(=O)c2c(O)ccc(O)c21)C1(O)CCOC1O3. The number of fused-ring (bicyclic) bond motifs is 5. The molecule has 0 saturated carbocycles. The Hall–Kier alpha value is -3.10. The van der Waals surface area contributed by atoms with Crippen molar-refractivity contribution in [3.05, 3.63) is 46.0 Å². The van der Waals surface area contributed by atoms with Crippen molar-refractivity contribution < 1.29 is 39.5 Å². The first-order valence-electron chi connectivity index (χ1n) is 7.90. The highest BCUT2D eigenvalue weighted by atomic mass is 16.7. The number of hydrogen-bond donors (Lipinski definition) is 4. The number of ether oxygens (including phenoxy) is 2. The van der Waals surface area contributed by atoms with Crippen molar-refractivity contribution in [1.29, 1.82) is 0 Å². The highest BCUT2D eigenvalue weighted by Crippen LogP contribution is 2.54. The molecular weight excluding hydrogens is 344 g/mol. The molecule has 1 saturated heterocycles. The van der Waals surface area contributed by atoms with Gasteiger partial charge in [-0.1, -0.05) is 0 Å². The minimum atomic E-state index is -1.63. The molecule has 2 aromatic carbocycles. The molecule has 0 aromatic heterocycles. The number of phenols is 3. The van der Waals surface area contributed by atoms with Gasteiger partial charge in [-0.3, -0.25) is 9.59 Å².